The topological polar surface area (TPSA) is 63.2 Å². The lowest BCUT2D eigenvalue weighted by molar-refractivity contribution is -0.890. The molecule has 26 heavy (non-hydrogen) atoms. The number of carbonyl (C=O) groups is 1. The van der Waals surface area contributed by atoms with E-state index in [2.05, 4.69) is 44.2 Å². The molecule has 0 heterocycles. The van der Waals surface area contributed by atoms with E-state index in [1.165, 1.54) is 11.8 Å². The van der Waals surface area contributed by atoms with Gasteiger partial charge in [0, 0.05) is 25.6 Å². The van der Waals surface area contributed by atoms with Crippen LogP contribution in [0.1, 0.15) is 24.8 Å². The molecule has 1 aromatic carbocycles. The smallest absolute Gasteiger partial charge is 0.232 e. The Morgan fingerprint density at radius 3 is 2.38 bits per heavy atom. The second kappa shape index (κ2) is 10.9. The summed E-state index contributed by atoms with van der Waals surface area (Å²) >= 11 is 4.41. The van der Waals surface area contributed by atoms with E-state index in [-0.39, 0.29) is 16.9 Å². The molecule has 0 spiro atoms. The molecule has 5 nitrogen and oxygen atoms in total. The number of sulfone groups is 1. The van der Waals surface area contributed by atoms with Crippen molar-refractivity contribution in [3.05, 3.63) is 35.9 Å². The van der Waals surface area contributed by atoms with Gasteiger partial charge in [0.1, 0.15) is 9.84 Å². The van der Waals surface area contributed by atoms with Crippen molar-refractivity contribution in [2.75, 3.05) is 45.7 Å². The highest BCUT2D eigenvalue weighted by atomic mass is 32.2. The largest absolute Gasteiger partial charge is 0.355 e. The molecule has 1 amide bonds. The lowest BCUT2D eigenvalue weighted by Gasteiger charge is -2.29. The molecule has 0 radical (unpaired) electrons. The maximum Gasteiger partial charge on any atom is 0.232 e. The van der Waals surface area contributed by atoms with Crippen molar-refractivity contribution in [1.29, 1.82) is 0 Å². The van der Waals surface area contributed by atoms with Crippen LogP contribution in [-0.2, 0) is 21.1 Å². The van der Waals surface area contributed by atoms with Gasteiger partial charge in [0.15, 0.2) is 0 Å². The molecule has 1 N–H and O–H groups in total. The van der Waals surface area contributed by atoms with Gasteiger partial charge in [0.05, 0.1) is 38.2 Å². The Bertz CT molecular complexity index is 646. The van der Waals surface area contributed by atoms with Gasteiger partial charge in [0.25, 0.3) is 0 Å². The molecule has 0 fully saturated rings. The summed E-state index contributed by atoms with van der Waals surface area (Å²) in [5.74, 6) is 0.209. The molecule has 0 aliphatic heterocycles. The predicted molar refractivity (Wildman–Crippen MR) is 111 cm³/mol. The van der Waals surface area contributed by atoms with E-state index >= 15 is 0 Å². The number of nitrogens with zero attached hydrogens (tertiary/aromatic N) is 1. The lowest BCUT2D eigenvalue weighted by atomic mass is 10.1. The van der Waals surface area contributed by atoms with Crippen molar-refractivity contribution >= 4 is 28.4 Å². The molecule has 0 saturated heterocycles. The molecule has 0 aliphatic rings. The van der Waals surface area contributed by atoms with Crippen LogP contribution >= 0.6 is 12.6 Å². The molecular weight excluding hydrogens is 368 g/mol. The van der Waals surface area contributed by atoms with Crippen LogP contribution in [0, 0.1) is 0 Å². The number of carbonyl (C=O) groups excluding carboxylic acids is 1. The number of nitrogens with one attached hydrogen (secondary N) is 1. The zero-order valence-corrected chi connectivity index (χ0v) is 17.9. The van der Waals surface area contributed by atoms with Gasteiger partial charge < -0.3 is 9.80 Å². The fourth-order valence-corrected chi connectivity index (χ4v) is 3.66. The van der Waals surface area contributed by atoms with E-state index in [9.17, 15) is 13.2 Å². The van der Waals surface area contributed by atoms with Gasteiger partial charge in [-0.25, -0.2) is 8.42 Å². The number of thiol groups is 1. The zero-order valence-electron chi connectivity index (χ0n) is 16.1. The molecule has 1 rings (SSSR count). The summed E-state index contributed by atoms with van der Waals surface area (Å²) in [5.41, 5.74) is 1.22. The van der Waals surface area contributed by atoms with Crippen LogP contribution in [0.3, 0.4) is 0 Å². The highest BCUT2D eigenvalue weighted by Crippen LogP contribution is 2.09. The normalized spacial score (nSPS) is 13.4. The monoisotopic (exact) mass is 401 g/mol. The minimum Gasteiger partial charge on any atom is -0.355 e. The average Bonchev–Trinajstić information content (AvgIpc) is 2.56. The zero-order chi connectivity index (χ0) is 19.6. The summed E-state index contributed by atoms with van der Waals surface area (Å²) in [5, 5.41) is 2.65. The maximum absolute atomic E-state index is 12.1. The van der Waals surface area contributed by atoms with Gasteiger partial charge in [-0.3, -0.25) is 4.79 Å². The Balaban J connectivity index is 2.19. The van der Waals surface area contributed by atoms with Crippen molar-refractivity contribution < 1.29 is 17.7 Å². The average molecular weight is 402 g/mol. The highest BCUT2D eigenvalue weighted by Gasteiger charge is 2.17. The highest BCUT2D eigenvalue weighted by molar-refractivity contribution is 7.90. The number of hydrogen-bond donors (Lipinski definition) is 2. The number of amides is 1. The van der Waals surface area contributed by atoms with Gasteiger partial charge in [-0.15, -0.1) is 0 Å². The lowest BCUT2D eigenvalue weighted by Crippen LogP contribution is -2.43. The SMILES string of the molecule is C[N+](C)(CCCNC(=O)C(S)CCc1ccccc1)CCCS(C)(=O)=O. The van der Waals surface area contributed by atoms with Gasteiger partial charge >= 0.3 is 0 Å². The van der Waals surface area contributed by atoms with Crippen molar-refractivity contribution in [2.45, 2.75) is 30.9 Å². The summed E-state index contributed by atoms with van der Waals surface area (Å²) < 4.78 is 23.2. The Morgan fingerprint density at radius 1 is 1.15 bits per heavy atom. The number of benzene rings is 1. The summed E-state index contributed by atoms with van der Waals surface area (Å²) in [6.07, 6.45) is 4.35. The van der Waals surface area contributed by atoms with E-state index in [1.807, 2.05) is 18.2 Å². The Kier molecular flexibility index (Phi) is 9.68. The number of hydrogen-bond acceptors (Lipinski definition) is 4. The van der Waals surface area contributed by atoms with Crippen LogP contribution in [-0.4, -0.2) is 69.8 Å². The van der Waals surface area contributed by atoms with E-state index in [1.54, 1.807) is 0 Å². The van der Waals surface area contributed by atoms with Crippen LogP contribution in [0.2, 0.25) is 0 Å². The second-order valence-corrected chi connectivity index (χ2v) is 10.4. The molecule has 148 valence electrons. The molecule has 1 aromatic rings. The van der Waals surface area contributed by atoms with Crippen molar-refractivity contribution in [1.82, 2.24) is 5.32 Å². The third kappa shape index (κ3) is 10.8. The summed E-state index contributed by atoms with van der Waals surface area (Å²) in [7, 11) is 1.28. The Labute approximate surface area is 164 Å². The third-order valence-electron chi connectivity index (χ3n) is 4.37. The van der Waals surface area contributed by atoms with Crippen molar-refractivity contribution in [2.24, 2.45) is 0 Å². The second-order valence-electron chi connectivity index (χ2n) is 7.55. The third-order valence-corrected chi connectivity index (χ3v) is 5.89. The molecule has 0 bridgehead atoms. The summed E-state index contributed by atoms with van der Waals surface area (Å²) in [6.45, 7) is 2.33. The molecule has 0 saturated carbocycles. The Hall–Kier alpha value is -1.05. The van der Waals surface area contributed by atoms with Crippen LogP contribution in [0.25, 0.3) is 0 Å². The molecular formula is C19H33N2O3S2+. The fourth-order valence-electron chi connectivity index (χ4n) is 2.78. The summed E-state index contributed by atoms with van der Waals surface area (Å²) in [6, 6.07) is 10.1. The van der Waals surface area contributed by atoms with E-state index in [4.69, 9.17) is 0 Å². The van der Waals surface area contributed by atoms with Crippen LogP contribution in [0.4, 0.5) is 0 Å². The number of quaternary nitrogens is 1. The van der Waals surface area contributed by atoms with Gasteiger partial charge in [-0.05, 0) is 18.4 Å². The quantitative estimate of drug-likeness (QED) is 0.320. The minimum atomic E-state index is -2.89. The van der Waals surface area contributed by atoms with Crippen molar-refractivity contribution in [3.63, 3.8) is 0 Å². The van der Waals surface area contributed by atoms with Crippen LogP contribution in [0.15, 0.2) is 30.3 Å². The van der Waals surface area contributed by atoms with Gasteiger partial charge in [-0.1, -0.05) is 30.3 Å². The van der Waals surface area contributed by atoms with Crippen LogP contribution < -0.4 is 5.32 Å². The van der Waals surface area contributed by atoms with E-state index in [0.717, 1.165) is 30.4 Å². The van der Waals surface area contributed by atoms with Crippen LogP contribution in [0.5, 0.6) is 0 Å². The predicted octanol–water partition coefficient (Wildman–Crippen LogP) is 1.94. The van der Waals surface area contributed by atoms with E-state index < -0.39 is 9.84 Å². The minimum absolute atomic E-state index is 0.0216. The molecule has 1 unspecified atom stereocenters. The van der Waals surface area contributed by atoms with E-state index in [0.29, 0.717) is 19.4 Å². The Morgan fingerprint density at radius 2 is 1.77 bits per heavy atom. The van der Waals surface area contributed by atoms with Gasteiger partial charge in [-0.2, -0.15) is 12.6 Å². The maximum atomic E-state index is 12.1. The first-order valence-electron chi connectivity index (χ1n) is 9.08. The first kappa shape index (κ1) is 23.0. The first-order valence-corrected chi connectivity index (χ1v) is 11.7. The molecule has 0 aliphatic carbocycles. The fraction of sp³-hybridized carbons (Fsp3) is 0.632. The van der Waals surface area contributed by atoms with Crippen molar-refractivity contribution in [3.8, 4) is 0 Å². The molecule has 0 aromatic heterocycles. The molecule has 1 atom stereocenters. The van der Waals surface area contributed by atoms with Gasteiger partial charge in [0.2, 0.25) is 5.91 Å². The first-order chi connectivity index (χ1) is 12.1. The standard InChI is InChI=1S/C19H32N2O3S2/c1-21(2,15-8-16-26(3,23)24)14-7-13-20-19(22)18(25)12-11-17-9-5-4-6-10-17/h4-6,9-10,18H,7-8,11-16H2,1-3H3,(H-,20,22,25)/p+1. The molecule has 7 heteroatoms. The number of rotatable bonds is 12. The summed E-state index contributed by atoms with van der Waals surface area (Å²) in [4.78, 5) is 12.1. The number of aryl methyl sites for hydroxylation is 1.